The summed E-state index contributed by atoms with van der Waals surface area (Å²) in [6, 6.07) is 13.6. The summed E-state index contributed by atoms with van der Waals surface area (Å²) in [6.07, 6.45) is -0.453. The summed E-state index contributed by atoms with van der Waals surface area (Å²) < 4.78 is 10.5. The molecule has 10 heteroatoms. The smallest absolute Gasteiger partial charge is 0.408 e. The molecular weight excluding hydrogens is 488 g/mol. The second-order valence-electron chi connectivity index (χ2n) is 9.77. The number of carbonyl (C=O) groups is 4. The molecule has 0 radical (unpaired) electrons. The lowest BCUT2D eigenvalue weighted by molar-refractivity contribution is -0.141. The summed E-state index contributed by atoms with van der Waals surface area (Å²) in [5, 5.41) is 5.44. The standard InChI is InChI=1S/C28H38N4O6/c1-6-18-32(26(35)22(16-17-23(29)33)31-27(36)38-28(2,3)4)24(19-10-8-7-9-11-19)25(34)30-20-12-14-21(37-5)15-13-20/h7-15,22,24H,6,16-18H2,1-5H3,(H2,29,33)(H,30,34)(H,31,36). The Morgan fingerprint density at radius 1 is 1.00 bits per heavy atom. The molecule has 0 aliphatic carbocycles. The van der Waals surface area contributed by atoms with Crippen molar-refractivity contribution in [3.05, 3.63) is 60.2 Å². The molecule has 0 fully saturated rings. The highest BCUT2D eigenvalue weighted by Crippen LogP contribution is 2.26. The number of rotatable bonds is 12. The van der Waals surface area contributed by atoms with Crippen LogP contribution in [0, 0.1) is 0 Å². The number of nitrogens with two attached hydrogens (primary N) is 1. The molecule has 0 aliphatic rings. The first-order valence-electron chi connectivity index (χ1n) is 12.5. The summed E-state index contributed by atoms with van der Waals surface area (Å²) in [4.78, 5) is 53.1. The zero-order valence-electron chi connectivity index (χ0n) is 22.7. The molecule has 2 aromatic rings. The number of hydrogen-bond donors (Lipinski definition) is 3. The van der Waals surface area contributed by atoms with E-state index in [9.17, 15) is 19.2 Å². The molecule has 0 bridgehead atoms. The predicted octanol–water partition coefficient (Wildman–Crippen LogP) is 3.77. The van der Waals surface area contributed by atoms with Gasteiger partial charge >= 0.3 is 6.09 Å². The van der Waals surface area contributed by atoms with Crippen molar-refractivity contribution in [2.75, 3.05) is 19.0 Å². The van der Waals surface area contributed by atoms with Crippen LogP contribution in [0.2, 0.25) is 0 Å². The van der Waals surface area contributed by atoms with Gasteiger partial charge in [0.1, 0.15) is 23.4 Å². The molecule has 2 rings (SSSR count). The maximum absolute atomic E-state index is 13.9. The Kier molecular flexibility index (Phi) is 11.1. The lowest BCUT2D eigenvalue weighted by Crippen LogP contribution is -2.52. The minimum Gasteiger partial charge on any atom is -0.497 e. The highest BCUT2D eigenvalue weighted by Gasteiger charge is 2.36. The van der Waals surface area contributed by atoms with Crippen LogP contribution in [-0.2, 0) is 19.1 Å². The largest absolute Gasteiger partial charge is 0.497 e. The SMILES string of the molecule is CCCN(C(=O)C(CCC(N)=O)NC(=O)OC(C)(C)C)C(C(=O)Nc1ccc(OC)cc1)c1ccccc1. The van der Waals surface area contributed by atoms with Crippen LogP contribution in [0.15, 0.2) is 54.6 Å². The van der Waals surface area contributed by atoms with Gasteiger partial charge in [0.2, 0.25) is 11.8 Å². The molecule has 0 aromatic heterocycles. The Bertz CT molecular complexity index is 1080. The number of carbonyl (C=O) groups excluding carboxylic acids is 4. The second kappa shape index (κ2) is 14.0. The lowest BCUT2D eigenvalue weighted by atomic mass is 10.0. The molecule has 0 saturated heterocycles. The fraction of sp³-hybridized carbons (Fsp3) is 0.429. The van der Waals surface area contributed by atoms with Crippen LogP contribution in [0.4, 0.5) is 10.5 Å². The maximum atomic E-state index is 13.9. The average Bonchev–Trinajstić information content (AvgIpc) is 2.85. The van der Waals surface area contributed by atoms with Crippen molar-refractivity contribution >= 4 is 29.5 Å². The molecule has 206 valence electrons. The van der Waals surface area contributed by atoms with Crippen molar-refractivity contribution in [2.45, 2.75) is 64.6 Å². The minimum atomic E-state index is -1.14. The van der Waals surface area contributed by atoms with Crippen LogP contribution in [0.3, 0.4) is 0 Å². The summed E-state index contributed by atoms with van der Waals surface area (Å²) in [7, 11) is 1.55. The van der Waals surface area contributed by atoms with Gasteiger partial charge in [0.25, 0.3) is 5.91 Å². The van der Waals surface area contributed by atoms with E-state index in [0.29, 0.717) is 23.4 Å². The van der Waals surface area contributed by atoms with E-state index in [1.165, 1.54) is 4.90 Å². The Labute approximate surface area is 223 Å². The van der Waals surface area contributed by atoms with Crippen molar-refractivity contribution in [1.29, 1.82) is 0 Å². The predicted molar refractivity (Wildman–Crippen MR) is 144 cm³/mol. The van der Waals surface area contributed by atoms with Crippen LogP contribution in [-0.4, -0.2) is 54.0 Å². The van der Waals surface area contributed by atoms with E-state index in [2.05, 4.69) is 10.6 Å². The fourth-order valence-electron chi connectivity index (χ4n) is 3.79. The van der Waals surface area contributed by atoms with Crippen molar-refractivity contribution in [3.63, 3.8) is 0 Å². The maximum Gasteiger partial charge on any atom is 0.408 e. The van der Waals surface area contributed by atoms with Gasteiger partial charge in [-0.05, 0) is 63.4 Å². The molecular formula is C28H38N4O6. The van der Waals surface area contributed by atoms with Crippen LogP contribution in [0.25, 0.3) is 0 Å². The number of nitrogens with one attached hydrogen (secondary N) is 2. The van der Waals surface area contributed by atoms with Crippen molar-refractivity contribution in [3.8, 4) is 5.75 Å². The molecule has 38 heavy (non-hydrogen) atoms. The third-order valence-corrected chi connectivity index (χ3v) is 5.45. The van der Waals surface area contributed by atoms with E-state index in [4.69, 9.17) is 15.2 Å². The molecule has 4 amide bonds. The number of ether oxygens (including phenoxy) is 2. The van der Waals surface area contributed by atoms with E-state index in [1.54, 1.807) is 76.4 Å². The van der Waals surface area contributed by atoms with Gasteiger partial charge in [0, 0.05) is 18.7 Å². The topological polar surface area (TPSA) is 140 Å². The van der Waals surface area contributed by atoms with Crippen LogP contribution >= 0.6 is 0 Å². The highest BCUT2D eigenvalue weighted by molar-refractivity contribution is 5.99. The zero-order chi connectivity index (χ0) is 28.3. The molecule has 2 atom stereocenters. The number of benzene rings is 2. The molecule has 0 aliphatic heterocycles. The first-order chi connectivity index (χ1) is 17.9. The molecule has 0 spiro atoms. The van der Waals surface area contributed by atoms with Crippen molar-refractivity contribution in [2.24, 2.45) is 5.73 Å². The number of methoxy groups -OCH3 is 1. The fourth-order valence-corrected chi connectivity index (χ4v) is 3.79. The van der Waals surface area contributed by atoms with Crippen LogP contribution < -0.4 is 21.1 Å². The van der Waals surface area contributed by atoms with Gasteiger partial charge < -0.3 is 30.7 Å². The van der Waals surface area contributed by atoms with Crippen LogP contribution in [0.1, 0.15) is 58.6 Å². The third-order valence-electron chi connectivity index (χ3n) is 5.45. The first-order valence-corrected chi connectivity index (χ1v) is 12.5. The van der Waals surface area contributed by atoms with E-state index >= 15 is 0 Å². The van der Waals surface area contributed by atoms with Gasteiger partial charge in [-0.25, -0.2) is 4.79 Å². The van der Waals surface area contributed by atoms with E-state index in [1.807, 2.05) is 13.0 Å². The number of anilines is 1. The zero-order valence-corrected chi connectivity index (χ0v) is 22.7. The van der Waals surface area contributed by atoms with Gasteiger partial charge in [-0.15, -0.1) is 0 Å². The molecule has 2 aromatic carbocycles. The molecule has 4 N–H and O–H groups in total. The second-order valence-corrected chi connectivity index (χ2v) is 9.77. The Morgan fingerprint density at radius 3 is 2.16 bits per heavy atom. The summed E-state index contributed by atoms with van der Waals surface area (Å²) in [5.41, 5.74) is 5.65. The number of alkyl carbamates (subject to hydrolysis) is 1. The number of primary amides is 1. The molecule has 0 heterocycles. The number of nitrogens with zero attached hydrogens (tertiary/aromatic N) is 1. The molecule has 10 nitrogen and oxygen atoms in total. The molecule has 0 saturated carbocycles. The number of amides is 4. The Morgan fingerprint density at radius 2 is 1.63 bits per heavy atom. The molecule has 2 unspecified atom stereocenters. The van der Waals surface area contributed by atoms with Gasteiger partial charge in [-0.3, -0.25) is 14.4 Å². The highest BCUT2D eigenvalue weighted by atomic mass is 16.6. The van der Waals surface area contributed by atoms with E-state index in [-0.39, 0.29) is 19.4 Å². The first kappa shape index (κ1) is 30.1. The van der Waals surface area contributed by atoms with Gasteiger partial charge in [0.05, 0.1) is 7.11 Å². The number of hydrogen-bond acceptors (Lipinski definition) is 6. The van der Waals surface area contributed by atoms with E-state index < -0.39 is 41.5 Å². The van der Waals surface area contributed by atoms with Gasteiger partial charge in [-0.2, -0.15) is 0 Å². The lowest BCUT2D eigenvalue weighted by Gasteiger charge is -2.34. The summed E-state index contributed by atoms with van der Waals surface area (Å²) in [6.45, 7) is 7.20. The summed E-state index contributed by atoms with van der Waals surface area (Å²) >= 11 is 0. The van der Waals surface area contributed by atoms with Crippen molar-refractivity contribution < 1.29 is 28.7 Å². The quantitative estimate of drug-likeness (QED) is 0.385. The minimum absolute atomic E-state index is 0.0464. The monoisotopic (exact) mass is 526 g/mol. The summed E-state index contributed by atoms with van der Waals surface area (Å²) in [5.74, 6) is -0.949. The van der Waals surface area contributed by atoms with Crippen LogP contribution in [0.5, 0.6) is 5.75 Å². The van der Waals surface area contributed by atoms with Gasteiger partial charge in [-0.1, -0.05) is 37.3 Å². The normalized spacial score (nSPS) is 12.6. The third kappa shape index (κ3) is 9.42. The van der Waals surface area contributed by atoms with Gasteiger partial charge in [0.15, 0.2) is 0 Å². The van der Waals surface area contributed by atoms with Crippen molar-refractivity contribution in [1.82, 2.24) is 10.2 Å². The Balaban J connectivity index is 2.43. The average molecular weight is 527 g/mol. The Hall–Kier alpha value is -4.08. The van der Waals surface area contributed by atoms with E-state index in [0.717, 1.165) is 0 Å².